The van der Waals surface area contributed by atoms with Gasteiger partial charge in [0.25, 0.3) is 5.56 Å². The quantitative estimate of drug-likeness (QED) is 0.515. The average Bonchev–Trinajstić information content (AvgIpc) is 2.75. The molecular formula is C9H6N6O2. The van der Waals surface area contributed by atoms with Crippen LogP contribution in [0.3, 0.4) is 0 Å². The molecule has 8 nitrogen and oxygen atoms in total. The molecule has 3 aromatic heterocycles. The predicted molar refractivity (Wildman–Crippen MR) is 58.4 cm³/mol. The van der Waals surface area contributed by atoms with E-state index >= 15 is 0 Å². The zero-order valence-electron chi connectivity index (χ0n) is 8.39. The summed E-state index contributed by atoms with van der Waals surface area (Å²) in [6, 6.07) is 1.25. The number of hydrogen-bond donors (Lipinski definition) is 3. The van der Waals surface area contributed by atoms with Crippen LogP contribution >= 0.6 is 0 Å². The Morgan fingerprint density at radius 1 is 1.06 bits per heavy atom. The lowest BCUT2D eigenvalue weighted by molar-refractivity contribution is 1.03. The summed E-state index contributed by atoms with van der Waals surface area (Å²) in [6.07, 6.45) is 2.78. The first-order valence-electron chi connectivity index (χ1n) is 4.72. The Labute approximate surface area is 92.8 Å². The number of aromatic amines is 3. The summed E-state index contributed by atoms with van der Waals surface area (Å²) in [7, 11) is 0. The molecule has 0 saturated carbocycles. The average molecular weight is 230 g/mol. The molecule has 0 aliphatic carbocycles. The van der Waals surface area contributed by atoms with Gasteiger partial charge in [-0.25, -0.2) is 19.7 Å². The highest BCUT2D eigenvalue weighted by Crippen LogP contribution is 2.18. The number of H-pyrrole nitrogens is 3. The number of nitrogens with one attached hydrogen (secondary N) is 3. The van der Waals surface area contributed by atoms with Gasteiger partial charge in [0.05, 0.1) is 12.0 Å². The molecule has 0 radical (unpaired) electrons. The molecule has 0 fully saturated rings. The van der Waals surface area contributed by atoms with Crippen LogP contribution in [0, 0.1) is 0 Å². The lowest BCUT2D eigenvalue weighted by Crippen LogP contribution is -2.21. The van der Waals surface area contributed by atoms with Gasteiger partial charge in [0.1, 0.15) is 17.5 Å². The van der Waals surface area contributed by atoms with Crippen molar-refractivity contribution in [2.24, 2.45) is 0 Å². The third kappa shape index (κ3) is 1.51. The first-order chi connectivity index (χ1) is 8.24. The van der Waals surface area contributed by atoms with Gasteiger partial charge in [0.15, 0.2) is 5.65 Å². The minimum absolute atomic E-state index is 0.315. The second-order valence-electron chi connectivity index (χ2n) is 3.32. The summed E-state index contributed by atoms with van der Waals surface area (Å²) < 4.78 is 0. The van der Waals surface area contributed by atoms with E-state index in [9.17, 15) is 9.59 Å². The lowest BCUT2D eigenvalue weighted by atomic mass is 10.2. The molecule has 8 heteroatoms. The van der Waals surface area contributed by atoms with Crippen molar-refractivity contribution in [2.75, 3.05) is 0 Å². The topological polar surface area (TPSA) is 120 Å². The van der Waals surface area contributed by atoms with Crippen molar-refractivity contribution in [3.63, 3.8) is 0 Å². The molecule has 0 aromatic carbocycles. The molecule has 0 amide bonds. The van der Waals surface area contributed by atoms with E-state index in [0.717, 1.165) is 0 Å². The maximum Gasteiger partial charge on any atom is 0.326 e. The second-order valence-corrected chi connectivity index (χ2v) is 3.32. The van der Waals surface area contributed by atoms with Gasteiger partial charge in [0, 0.05) is 6.07 Å². The smallest absolute Gasteiger partial charge is 0.326 e. The molecule has 0 saturated heterocycles. The van der Waals surface area contributed by atoms with Gasteiger partial charge < -0.3 is 9.97 Å². The van der Waals surface area contributed by atoms with Crippen molar-refractivity contribution >= 4 is 11.2 Å². The Hall–Kier alpha value is -2.77. The van der Waals surface area contributed by atoms with Gasteiger partial charge in [-0.05, 0) is 0 Å². The summed E-state index contributed by atoms with van der Waals surface area (Å²) in [5.41, 5.74) is 0.699. The van der Waals surface area contributed by atoms with Crippen LogP contribution < -0.4 is 11.2 Å². The van der Waals surface area contributed by atoms with Crippen molar-refractivity contribution in [1.29, 1.82) is 0 Å². The first-order valence-corrected chi connectivity index (χ1v) is 4.72. The van der Waals surface area contributed by atoms with Crippen LogP contribution in [0.2, 0.25) is 0 Å². The Balaban J connectivity index is 2.37. The molecule has 0 unspecified atom stereocenters. The fraction of sp³-hybridized carbons (Fsp3) is 0. The largest absolute Gasteiger partial charge is 0.341 e. The van der Waals surface area contributed by atoms with E-state index in [2.05, 4.69) is 29.9 Å². The maximum atomic E-state index is 11.2. The summed E-state index contributed by atoms with van der Waals surface area (Å²) in [5.74, 6) is 0. The summed E-state index contributed by atoms with van der Waals surface area (Å²) in [4.78, 5) is 41.8. The fourth-order valence-corrected chi connectivity index (χ4v) is 1.57. The van der Waals surface area contributed by atoms with Crippen molar-refractivity contribution in [2.45, 2.75) is 0 Å². The van der Waals surface area contributed by atoms with Crippen LogP contribution in [-0.4, -0.2) is 29.9 Å². The van der Waals surface area contributed by atoms with Crippen molar-refractivity contribution in [3.05, 3.63) is 39.6 Å². The molecule has 0 atom stereocenters. The van der Waals surface area contributed by atoms with E-state index in [1.165, 1.54) is 18.7 Å². The third-order valence-electron chi connectivity index (χ3n) is 2.24. The zero-order chi connectivity index (χ0) is 11.8. The molecule has 0 aliphatic rings. The van der Waals surface area contributed by atoms with E-state index < -0.39 is 11.2 Å². The molecule has 3 heterocycles. The number of hydrogen-bond acceptors (Lipinski definition) is 5. The van der Waals surface area contributed by atoms with Crippen LogP contribution in [0.25, 0.3) is 22.6 Å². The molecular weight excluding hydrogens is 224 g/mol. The number of rotatable bonds is 1. The molecule has 0 bridgehead atoms. The molecule has 3 N–H and O–H groups in total. The first kappa shape index (κ1) is 9.46. The third-order valence-corrected chi connectivity index (χ3v) is 2.24. The molecule has 0 spiro atoms. The van der Waals surface area contributed by atoms with Gasteiger partial charge >= 0.3 is 5.69 Å². The minimum Gasteiger partial charge on any atom is -0.341 e. The van der Waals surface area contributed by atoms with Gasteiger partial charge in [-0.3, -0.25) is 9.78 Å². The summed E-state index contributed by atoms with van der Waals surface area (Å²) in [6.45, 7) is 0. The van der Waals surface area contributed by atoms with E-state index in [1.54, 1.807) is 0 Å². The minimum atomic E-state index is -0.584. The number of imidazole rings is 1. The second kappa shape index (κ2) is 3.37. The molecule has 0 aliphatic heterocycles. The van der Waals surface area contributed by atoms with Crippen molar-refractivity contribution < 1.29 is 0 Å². The summed E-state index contributed by atoms with van der Waals surface area (Å²) in [5, 5.41) is 0. The highest BCUT2D eigenvalue weighted by atomic mass is 16.2. The number of fused-ring (bicyclic) bond motifs is 1. The standard InChI is InChI=1S/C9H6N6O2/c16-5-1-4(14-9(17)15-5)6-7-8(12-2-10-6)13-3-11-7/h1-3H,(H,10,11,12,13)(H2,14,15,16,17). The van der Waals surface area contributed by atoms with E-state index in [4.69, 9.17) is 0 Å². The van der Waals surface area contributed by atoms with Crippen LogP contribution in [0.4, 0.5) is 0 Å². The maximum absolute atomic E-state index is 11.2. The summed E-state index contributed by atoms with van der Waals surface area (Å²) >= 11 is 0. The van der Waals surface area contributed by atoms with Gasteiger partial charge in [0.2, 0.25) is 0 Å². The monoisotopic (exact) mass is 230 g/mol. The Morgan fingerprint density at radius 2 is 1.94 bits per heavy atom. The molecule has 3 rings (SSSR count). The Kier molecular flexibility index (Phi) is 1.87. The molecule has 3 aromatic rings. The highest BCUT2D eigenvalue weighted by Gasteiger charge is 2.09. The van der Waals surface area contributed by atoms with E-state index in [1.807, 2.05) is 0 Å². The van der Waals surface area contributed by atoms with Crippen molar-refractivity contribution in [1.82, 2.24) is 29.9 Å². The predicted octanol–water partition coefficient (Wildman–Crippen LogP) is -0.604. The molecule has 17 heavy (non-hydrogen) atoms. The van der Waals surface area contributed by atoms with Crippen LogP contribution in [0.1, 0.15) is 0 Å². The van der Waals surface area contributed by atoms with Crippen LogP contribution in [0.15, 0.2) is 28.3 Å². The number of aromatic nitrogens is 6. The van der Waals surface area contributed by atoms with Gasteiger partial charge in [-0.1, -0.05) is 0 Å². The van der Waals surface area contributed by atoms with Crippen molar-refractivity contribution in [3.8, 4) is 11.4 Å². The highest BCUT2D eigenvalue weighted by molar-refractivity contribution is 5.84. The number of nitrogens with zero attached hydrogens (tertiary/aromatic N) is 3. The normalized spacial score (nSPS) is 10.8. The van der Waals surface area contributed by atoms with Gasteiger partial charge in [-0.2, -0.15) is 0 Å². The van der Waals surface area contributed by atoms with E-state index in [0.29, 0.717) is 22.6 Å². The van der Waals surface area contributed by atoms with Crippen LogP contribution in [-0.2, 0) is 0 Å². The Bertz CT molecular complexity index is 770. The zero-order valence-corrected chi connectivity index (χ0v) is 8.39. The molecule has 84 valence electrons. The SMILES string of the molecule is O=c1cc(-c2ncnc3nc[nH]c23)[nH]c(=O)[nH]1. The van der Waals surface area contributed by atoms with Gasteiger partial charge in [-0.15, -0.1) is 0 Å². The lowest BCUT2D eigenvalue weighted by Gasteiger charge is -1.99. The van der Waals surface area contributed by atoms with Crippen LogP contribution in [0.5, 0.6) is 0 Å². The Morgan fingerprint density at radius 3 is 2.76 bits per heavy atom. The fourth-order valence-electron chi connectivity index (χ4n) is 1.57. The van der Waals surface area contributed by atoms with E-state index in [-0.39, 0.29) is 0 Å².